The van der Waals surface area contributed by atoms with Gasteiger partial charge < -0.3 is 10.1 Å². The largest absolute Gasteiger partial charge is 0.457 e. The van der Waals surface area contributed by atoms with E-state index in [0.717, 1.165) is 11.6 Å². The molecule has 0 unspecified atom stereocenters. The summed E-state index contributed by atoms with van der Waals surface area (Å²) in [7, 11) is 0. The number of benzene rings is 2. The van der Waals surface area contributed by atoms with Gasteiger partial charge in [-0.1, -0.05) is 23.7 Å². The number of halogens is 5. The van der Waals surface area contributed by atoms with Crippen LogP contribution in [-0.2, 0) is 12.7 Å². The first-order valence-corrected chi connectivity index (χ1v) is 10.7. The molecule has 1 N–H and O–H groups in total. The molecule has 10 heteroatoms. The van der Waals surface area contributed by atoms with E-state index in [1.54, 1.807) is 43.3 Å². The maximum Gasteiger partial charge on any atom is 0.417 e. The number of carbonyl (C=O) groups is 1. The second kappa shape index (κ2) is 9.79. The number of ether oxygens (including phenoxy) is 1. The predicted molar refractivity (Wildman–Crippen MR) is 122 cm³/mol. The fraction of sp³-hybridized carbons (Fsp3) is 0.120. The standard InChI is InChI=1S/C25H18ClF4N3O2/c1-15-11-19(8-9-21(15)27)35-18-6-4-16(5-7-18)13-32-24(34)22-3-2-10-33(22)23-20(26)12-17(14-31-23)25(28,29)30/h2-12,14H,13H2,1H3,(H,32,34). The second-order valence-corrected chi connectivity index (χ2v) is 8.04. The van der Waals surface area contributed by atoms with Gasteiger partial charge in [-0.2, -0.15) is 13.2 Å². The average molecular weight is 504 g/mol. The lowest BCUT2D eigenvalue weighted by Gasteiger charge is -2.13. The number of hydrogen-bond donors (Lipinski definition) is 1. The highest BCUT2D eigenvalue weighted by atomic mass is 35.5. The summed E-state index contributed by atoms with van der Waals surface area (Å²) in [4.78, 5) is 16.5. The van der Waals surface area contributed by atoms with Crippen molar-refractivity contribution in [1.29, 1.82) is 0 Å². The number of pyridine rings is 1. The lowest BCUT2D eigenvalue weighted by molar-refractivity contribution is -0.137. The Bertz CT molecular complexity index is 1370. The van der Waals surface area contributed by atoms with Crippen molar-refractivity contribution < 1.29 is 27.1 Å². The third-order valence-corrected chi connectivity index (χ3v) is 5.38. The van der Waals surface area contributed by atoms with Crippen molar-refractivity contribution in [2.24, 2.45) is 0 Å². The number of carbonyl (C=O) groups excluding carboxylic acids is 1. The van der Waals surface area contributed by atoms with E-state index >= 15 is 0 Å². The van der Waals surface area contributed by atoms with E-state index in [1.807, 2.05) is 0 Å². The highest BCUT2D eigenvalue weighted by molar-refractivity contribution is 6.32. The Morgan fingerprint density at radius 3 is 2.46 bits per heavy atom. The van der Waals surface area contributed by atoms with Crippen LogP contribution in [0.5, 0.6) is 11.5 Å². The number of aromatic nitrogens is 2. The van der Waals surface area contributed by atoms with Crippen LogP contribution in [-0.4, -0.2) is 15.5 Å². The van der Waals surface area contributed by atoms with Crippen molar-refractivity contribution in [3.8, 4) is 17.3 Å². The molecule has 2 aromatic carbocycles. The molecular weight excluding hydrogens is 486 g/mol. The van der Waals surface area contributed by atoms with E-state index in [0.29, 0.717) is 23.3 Å². The Balaban J connectivity index is 1.42. The van der Waals surface area contributed by atoms with Gasteiger partial charge in [-0.3, -0.25) is 9.36 Å². The molecular formula is C25H18ClF4N3O2. The van der Waals surface area contributed by atoms with Crippen LogP contribution in [0, 0.1) is 12.7 Å². The molecule has 0 atom stereocenters. The minimum Gasteiger partial charge on any atom is -0.457 e. The van der Waals surface area contributed by atoms with E-state index < -0.39 is 17.6 Å². The summed E-state index contributed by atoms with van der Waals surface area (Å²) in [5.74, 6) is 0.275. The summed E-state index contributed by atoms with van der Waals surface area (Å²) >= 11 is 6.02. The van der Waals surface area contributed by atoms with Gasteiger partial charge in [0.2, 0.25) is 0 Å². The summed E-state index contributed by atoms with van der Waals surface area (Å²) in [5.41, 5.74) is 0.432. The van der Waals surface area contributed by atoms with Crippen LogP contribution in [0.3, 0.4) is 0 Å². The number of alkyl halides is 3. The molecule has 2 aromatic heterocycles. The van der Waals surface area contributed by atoms with Gasteiger partial charge in [0.15, 0.2) is 5.82 Å². The molecule has 0 radical (unpaired) electrons. The first-order valence-electron chi connectivity index (χ1n) is 10.3. The number of hydrogen-bond acceptors (Lipinski definition) is 3. The number of aryl methyl sites for hydroxylation is 1. The minimum atomic E-state index is -4.58. The highest BCUT2D eigenvalue weighted by Crippen LogP contribution is 2.32. The lowest BCUT2D eigenvalue weighted by atomic mass is 10.2. The van der Waals surface area contributed by atoms with Gasteiger partial charge >= 0.3 is 6.18 Å². The van der Waals surface area contributed by atoms with Gasteiger partial charge in [-0.25, -0.2) is 9.37 Å². The number of rotatable bonds is 6. The molecule has 0 bridgehead atoms. The van der Waals surface area contributed by atoms with Crippen LogP contribution < -0.4 is 10.1 Å². The Morgan fingerprint density at radius 2 is 1.80 bits per heavy atom. The van der Waals surface area contributed by atoms with Crippen molar-refractivity contribution in [3.63, 3.8) is 0 Å². The fourth-order valence-electron chi connectivity index (χ4n) is 3.28. The first kappa shape index (κ1) is 24.3. The summed E-state index contributed by atoms with van der Waals surface area (Å²) in [6.45, 7) is 1.83. The zero-order valence-corrected chi connectivity index (χ0v) is 19.0. The van der Waals surface area contributed by atoms with Gasteiger partial charge in [0.25, 0.3) is 5.91 Å². The predicted octanol–water partition coefficient (Wildman–Crippen LogP) is 6.71. The van der Waals surface area contributed by atoms with Crippen LogP contribution in [0.1, 0.15) is 27.2 Å². The van der Waals surface area contributed by atoms with Crippen molar-refractivity contribution in [2.75, 3.05) is 0 Å². The van der Waals surface area contributed by atoms with Crippen molar-refractivity contribution in [3.05, 3.63) is 106 Å². The first-order chi connectivity index (χ1) is 16.6. The van der Waals surface area contributed by atoms with E-state index in [9.17, 15) is 22.4 Å². The van der Waals surface area contributed by atoms with Crippen LogP contribution in [0.15, 0.2) is 73.1 Å². The third kappa shape index (κ3) is 5.63. The Morgan fingerprint density at radius 1 is 1.09 bits per heavy atom. The number of nitrogens with one attached hydrogen (secondary N) is 1. The van der Waals surface area contributed by atoms with Gasteiger partial charge in [0, 0.05) is 18.9 Å². The molecule has 4 aromatic rings. The van der Waals surface area contributed by atoms with Crippen molar-refractivity contribution in [2.45, 2.75) is 19.6 Å². The molecule has 5 nitrogen and oxygen atoms in total. The van der Waals surface area contributed by atoms with Gasteiger partial charge in [0.1, 0.15) is 23.0 Å². The molecule has 0 aliphatic rings. The number of amides is 1. The molecule has 4 rings (SSSR count). The molecule has 35 heavy (non-hydrogen) atoms. The van der Waals surface area contributed by atoms with Crippen LogP contribution in [0.4, 0.5) is 17.6 Å². The normalized spacial score (nSPS) is 11.4. The van der Waals surface area contributed by atoms with E-state index in [-0.39, 0.29) is 28.9 Å². The molecule has 2 heterocycles. The summed E-state index contributed by atoms with van der Waals surface area (Å²) in [5, 5.41) is 2.52. The Labute approximate surface area is 202 Å². The molecule has 0 saturated heterocycles. The maximum absolute atomic E-state index is 13.4. The molecule has 0 aliphatic heterocycles. The zero-order valence-electron chi connectivity index (χ0n) is 18.2. The zero-order chi connectivity index (χ0) is 25.2. The summed E-state index contributed by atoms with van der Waals surface area (Å²) < 4.78 is 59.1. The lowest BCUT2D eigenvalue weighted by Crippen LogP contribution is -2.25. The molecule has 180 valence electrons. The Hall–Kier alpha value is -3.85. The van der Waals surface area contributed by atoms with Gasteiger partial charge in [-0.15, -0.1) is 0 Å². The number of nitrogens with zero attached hydrogens (tertiary/aromatic N) is 2. The van der Waals surface area contributed by atoms with Crippen LogP contribution in [0.2, 0.25) is 5.02 Å². The monoisotopic (exact) mass is 503 g/mol. The third-order valence-electron chi connectivity index (χ3n) is 5.10. The maximum atomic E-state index is 13.4. The second-order valence-electron chi connectivity index (χ2n) is 7.63. The van der Waals surface area contributed by atoms with E-state index in [4.69, 9.17) is 16.3 Å². The van der Waals surface area contributed by atoms with Crippen LogP contribution >= 0.6 is 11.6 Å². The van der Waals surface area contributed by atoms with E-state index in [1.165, 1.54) is 29.0 Å². The highest BCUT2D eigenvalue weighted by Gasteiger charge is 2.32. The smallest absolute Gasteiger partial charge is 0.417 e. The molecule has 0 saturated carbocycles. The average Bonchev–Trinajstić information content (AvgIpc) is 3.30. The minimum absolute atomic E-state index is 0.00680. The fourth-order valence-corrected chi connectivity index (χ4v) is 3.54. The SMILES string of the molecule is Cc1cc(Oc2ccc(CNC(=O)c3cccn3-c3ncc(C(F)(F)F)cc3Cl)cc2)ccc1F. The molecule has 1 amide bonds. The van der Waals surface area contributed by atoms with Crippen molar-refractivity contribution >= 4 is 17.5 Å². The molecule has 0 fully saturated rings. The van der Waals surface area contributed by atoms with Gasteiger partial charge in [0.05, 0.1) is 10.6 Å². The van der Waals surface area contributed by atoms with Gasteiger partial charge in [-0.05, 0) is 66.6 Å². The van der Waals surface area contributed by atoms with Crippen molar-refractivity contribution in [1.82, 2.24) is 14.9 Å². The van der Waals surface area contributed by atoms with E-state index in [2.05, 4.69) is 10.3 Å². The summed E-state index contributed by atoms with van der Waals surface area (Å²) in [6.07, 6.45) is -2.43. The van der Waals surface area contributed by atoms with Crippen LogP contribution in [0.25, 0.3) is 5.82 Å². The molecule has 0 aliphatic carbocycles. The quantitative estimate of drug-likeness (QED) is 0.297. The summed E-state index contributed by atoms with van der Waals surface area (Å²) in [6, 6.07) is 15.3. The Kier molecular flexibility index (Phi) is 6.79. The molecule has 0 spiro atoms. The topological polar surface area (TPSA) is 56.1 Å².